The predicted octanol–water partition coefficient (Wildman–Crippen LogP) is 5.88. The van der Waals surface area contributed by atoms with E-state index in [-0.39, 0.29) is 22.3 Å². The summed E-state index contributed by atoms with van der Waals surface area (Å²) in [7, 11) is 0. The Morgan fingerprint density at radius 1 is 0.744 bits per heavy atom. The molecule has 0 heterocycles. The molecule has 0 radical (unpaired) electrons. The van der Waals surface area contributed by atoms with E-state index in [1.807, 2.05) is 6.07 Å². The Bertz CT molecular complexity index is 1660. The maximum Gasteiger partial charge on any atom is 0.259 e. The third kappa shape index (κ3) is 5.71. The number of carbonyl (C=O) groups excluding carboxylic acids is 3. The van der Waals surface area contributed by atoms with E-state index in [1.165, 1.54) is 18.2 Å². The van der Waals surface area contributed by atoms with E-state index in [1.54, 1.807) is 78.9 Å². The van der Waals surface area contributed by atoms with Gasteiger partial charge in [-0.15, -0.1) is 0 Å². The van der Waals surface area contributed by atoms with E-state index >= 15 is 0 Å². The molecule has 0 fully saturated rings. The minimum absolute atomic E-state index is 0.00867. The van der Waals surface area contributed by atoms with Gasteiger partial charge in [-0.25, -0.2) is 0 Å². The zero-order valence-corrected chi connectivity index (χ0v) is 21.1. The highest BCUT2D eigenvalue weighted by Crippen LogP contribution is 2.28. The van der Waals surface area contributed by atoms with E-state index in [2.05, 4.69) is 21.2 Å². The molecule has 0 aromatic heterocycles. The second-order valence-corrected chi connectivity index (χ2v) is 8.97. The highest BCUT2D eigenvalue weighted by atomic mass is 35.5. The van der Waals surface area contributed by atoms with Crippen LogP contribution in [-0.2, 0) is 4.79 Å². The van der Waals surface area contributed by atoms with Crippen LogP contribution in [0, 0.1) is 0 Å². The van der Waals surface area contributed by atoms with Gasteiger partial charge in [0.2, 0.25) is 0 Å². The normalized spacial score (nSPS) is 13.3. The highest BCUT2D eigenvalue weighted by Gasteiger charge is 2.28. The number of aromatic hydroxyl groups is 1. The van der Waals surface area contributed by atoms with Crippen molar-refractivity contribution in [2.24, 2.45) is 5.10 Å². The molecule has 39 heavy (non-hydrogen) atoms. The van der Waals surface area contributed by atoms with Gasteiger partial charge in [-0.1, -0.05) is 60.1 Å². The van der Waals surface area contributed by atoms with E-state index < -0.39 is 11.7 Å². The summed E-state index contributed by atoms with van der Waals surface area (Å²) in [4.78, 5) is 39.0. The van der Waals surface area contributed by atoms with Crippen molar-refractivity contribution in [3.05, 3.63) is 130 Å². The first-order valence-electron chi connectivity index (χ1n) is 11.8. The molecule has 4 N–H and O–H groups in total. The van der Waals surface area contributed by atoms with Crippen LogP contribution in [0.4, 0.5) is 17.1 Å². The number of halogens is 1. The molecule has 192 valence electrons. The zero-order chi connectivity index (χ0) is 27.4. The van der Waals surface area contributed by atoms with Crippen LogP contribution in [0.15, 0.2) is 114 Å². The number of hydrogen-bond acceptors (Lipinski definition) is 6. The van der Waals surface area contributed by atoms with Gasteiger partial charge in [0.05, 0.1) is 22.0 Å². The van der Waals surface area contributed by atoms with Crippen LogP contribution in [0.3, 0.4) is 0 Å². The summed E-state index contributed by atoms with van der Waals surface area (Å²) in [6.07, 6.45) is 1.41. The fourth-order valence-corrected chi connectivity index (χ4v) is 4.19. The summed E-state index contributed by atoms with van der Waals surface area (Å²) >= 11 is 6.17. The summed E-state index contributed by atoms with van der Waals surface area (Å²) < 4.78 is 0. The van der Waals surface area contributed by atoms with Crippen LogP contribution in [0.1, 0.15) is 26.3 Å². The topological polar surface area (TPSA) is 120 Å². The number of allylic oxidation sites excluding steroid dienone is 1. The number of carbonyl (C=O) groups is 3. The van der Waals surface area contributed by atoms with Crippen LogP contribution in [-0.4, -0.2) is 28.4 Å². The summed E-state index contributed by atoms with van der Waals surface area (Å²) in [6, 6.07) is 26.6. The van der Waals surface area contributed by atoms with Crippen LogP contribution in [0.5, 0.6) is 5.75 Å². The summed E-state index contributed by atoms with van der Waals surface area (Å²) in [6.45, 7) is 0. The van der Waals surface area contributed by atoms with E-state index in [0.29, 0.717) is 39.5 Å². The molecule has 0 spiro atoms. The lowest BCUT2D eigenvalue weighted by molar-refractivity contribution is -0.112. The van der Waals surface area contributed by atoms with Crippen molar-refractivity contribution in [1.29, 1.82) is 0 Å². The SMILES string of the molecule is O=C(Nc1cccc(NC(=O)c2ccccc2)c1)C1=C/C(=N/Nc2ccc(O)cc2Cl)c2ccccc2C1=O. The maximum absolute atomic E-state index is 13.2. The van der Waals surface area contributed by atoms with Gasteiger partial charge in [0.15, 0.2) is 5.78 Å². The monoisotopic (exact) mass is 536 g/mol. The number of benzene rings is 4. The molecule has 0 aliphatic heterocycles. The van der Waals surface area contributed by atoms with Crippen molar-refractivity contribution in [1.82, 2.24) is 0 Å². The Hall–Kier alpha value is -5.21. The number of nitrogens with one attached hydrogen (secondary N) is 3. The molecule has 5 rings (SSSR count). The third-order valence-corrected chi connectivity index (χ3v) is 6.19. The van der Waals surface area contributed by atoms with Gasteiger partial charge in [-0.3, -0.25) is 19.8 Å². The molecular weight excluding hydrogens is 516 g/mol. The lowest BCUT2D eigenvalue weighted by Crippen LogP contribution is -2.27. The predicted molar refractivity (Wildman–Crippen MR) is 152 cm³/mol. The minimum Gasteiger partial charge on any atom is -0.508 e. The summed E-state index contributed by atoms with van der Waals surface area (Å²) in [5, 5.41) is 19.7. The maximum atomic E-state index is 13.2. The molecule has 0 saturated heterocycles. The number of hydrazone groups is 1. The number of phenolic OH excluding ortho intramolecular Hbond substituents is 1. The van der Waals surface area contributed by atoms with E-state index in [4.69, 9.17) is 11.6 Å². The molecule has 0 bridgehead atoms. The van der Waals surface area contributed by atoms with E-state index in [9.17, 15) is 19.5 Å². The molecule has 8 nitrogen and oxygen atoms in total. The number of Topliss-reactive ketones (excluding diaryl/α,β-unsaturated/α-hetero) is 1. The Morgan fingerprint density at radius 2 is 1.41 bits per heavy atom. The molecule has 9 heteroatoms. The molecule has 4 aromatic rings. The van der Waals surface area contributed by atoms with Gasteiger partial charge in [0.25, 0.3) is 11.8 Å². The number of hydrogen-bond donors (Lipinski definition) is 4. The second-order valence-electron chi connectivity index (χ2n) is 8.56. The van der Waals surface area contributed by atoms with Crippen molar-refractivity contribution in [3.63, 3.8) is 0 Å². The molecule has 4 aromatic carbocycles. The Balaban J connectivity index is 1.39. The van der Waals surface area contributed by atoms with Gasteiger partial charge < -0.3 is 15.7 Å². The van der Waals surface area contributed by atoms with Crippen molar-refractivity contribution >= 4 is 52.0 Å². The zero-order valence-electron chi connectivity index (χ0n) is 20.3. The Kier molecular flexibility index (Phi) is 7.20. The first-order valence-corrected chi connectivity index (χ1v) is 12.2. The second kappa shape index (κ2) is 11.0. The molecule has 0 saturated carbocycles. The Morgan fingerprint density at radius 3 is 2.13 bits per heavy atom. The smallest absolute Gasteiger partial charge is 0.259 e. The third-order valence-electron chi connectivity index (χ3n) is 5.88. The first kappa shape index (κ1) is 25.4. The molecule has 1 aliphatic carbocycles. The van der Waals surface area contributed by atoms with Crippen LogP contribution in [0.25, 0.3) is 0 Å². The average molecular weight is 537 g/mol. The number of phenols is 1. The number of amides is 2. The van der Waals surface area contributed by atoms with Crippen LogP contribution < -0.4 is 16.1 Å². The average Bonchev–Trinajstić information content (AvgIpc) is 2.94. The number of ketones is 1. The number of anilines is 3. The lowest BCUT2D eigenvalue weighted by Gasteiger charge is -2.18. The molecular formula is C30H21ClN4O4. The molecule has 0 unspecified atom stereocenters. The molecule has 2 amide bonds. The summed E-state index contributed by atoms with van der Waals surface area (Å²) in [5.41, 5.74) is 5.76. The van der Waals surface area contributed by atoms with Crippen LogP contribution in [0.2, 0.25) is 5.02 Å². The number of rotatable bonds is 6. The lowest BCUT2D eigenvalue weighted by atomic mass is 9.88. The van der Waals surface area contributed by atoms with Gasteiger partial charge in [0, 0.05) is 34.1 Å². The standard InChI is InChI=1S/C30H21ClN4O4/c31-25-16-21(36)13-14-26(25)34-35-27-17-24(28(37)23-12-5-4-11-22(23)27)30(39)33-20-10-6-9-19(15-20)32-29(38)18-7-2-1-3-8-18/h1-17,34,36H,(H,32,38)(H,33,39)/b35-27-. The summed E-state index contributed by atoms with van der Waals surface area (Å²) in [5.74, 6) is -1.35. The van der Waals surface area contributed by atoms with Crippen molar-refractivity contribution in [2.75, 3.05) is 16.1 Å². The van der Waals surface area contributed by atoms with Crippen molar-refractivity contribution in [2.45, 2.75) is 0 Å². The molecule has 1 aliphatic rings. The highest BCUT2D eigenvalue weighted by molar-refractivity contribution is 6.37. The largest absolute Gasteiger partial charge is 0.508 e. The fourth-order valence-electron chi connectivity index (χ4n) is 3.97. The molecule has 0 atom stereocenters. The quantitative estimate of drug-likeness (QED) is 0.139. The van der Waals surface area contributed by atoms with E-state index in [0.717, 1.165) is 0 Å². The van der Waals surface area contributed by atoms with Gasteiger partial charge in [0.1, 0.15) is 5.75 Å². The minimum atomic E-state index is -0.628. The van der Waals surface area contributed by atoms with Crippen molar-refractivity contribution < 1.29 is 19.5 Å². The number of nitrogens with zero attached hydrogens (tertiary/aromatic N) is 1. The first-order chi connectivity index (χ1) is 18.9. The van der Waals surface area contributed by atoms with Crippen LogP contribution >= 0.6 is 11.6 Å². The van der Waals surface area contributed by atoms with Crippen molar-refractivity contribution in [3.8, 4) is 5.75 Å². The van der Waals surface area contributed by atoms with Gasteiger partial charge >= 0.3 is 0 Å². The Labute approximate surface area is 228 Å². The number of fused-ring (bicyclic) bond motifs is 1. The van der Waals surface area contributed by atoms with Gasteiger partial charge in [-0.05, 0) is 48.5 Å². The fraction of sp³-hybridized carbons (Fsp3) is 0. The van der Waals surface area contributed by atoms with Gasteiger partial charge in [-0.2, -0.15) is 5.10 Å².